The van der Waals surface area contributed by atoms with Gasteiger partial charge in [0.05, 0.1) is 5.92 Å². The lowest BCUT2D eigenvalue weighted by Gasteiger charge is -2.33. The standard InChI is InChI=1S/C13H14Br2F3N/c14-11-2-1-3-12(15)10(11)8-19-6-4-9(5-7-19)13(16,17)18/h1-3,9H,4-8H2. The Kier molecular flexibility index (Phi) is 4.95. The van der Waals surface area contributed by atoms with Crippen molar-refractivity contribution in [1.82, 2.24) is 4.90 Å². The SMILES string of the molecule is FC(F)(F)C1CCN(Cc2c(Br)cccc2Br)CC1. The van der Waals surface area contributed by atoms with Crippen molar-refractivity contribution >= 4 is 31.9 Å². The number of likely N-dealkylation sites (tertiary alicyclic amines) is 1. The zero-order valence-electron chi connectivity index (χ0n) is 10.2. The molecule has 2 rings (SSSR count). The van der Waals surface area contributed by atoms with Gasteiger partial charge in [0.25, 0.3) is 0 Å². The van der Waals surface area contributed by atoms with Gasteiger partial charge in [-0.05, 0) is 43.6 Å². The molecule has 0 saturated carbocycles. The van der Waals surface area contributed by atoms with Gasteiger partial charge in [-0.15, -0.1) is 0 Å². The van der Waals surface area contributed by atoms with Crippen LogP contribution in [0.5, 0.6) is 0 Å². The van der Waals surface area contributed by atoms with Crippen LogP contribution in [0.3, 0.4) is 0 Å². The van der Waals surface area contributed by atoms with Crippen molar-refractivity contribution in [2.45, 2.75) is 25.6 Å². The van der Waals surface area contributed by atoms with E-state index in [-0.39, 0.29) is 12.8 Å². The van der Waals surface area contributed by atoms with Gasteiger partial charge in [-0.2, -0.15) is 13.2 Å². The van der Waals surface area contributed by atoms with Crippen LogP contribution in [0.2, 0.25) is 0 Å². The number of hydrogen-bond acceptors (Lipinski definition) is 1. The molecule has 0 radical (unpaired) electrons. The highest BCUT2D eigenvalue weighted by Crippen LogP contribution is 2.35. The number of alkyl halides is 3. The lowest BCUT2D eigenvalue weighted by molar-refractivity contribution is -0.185. The van der Waals surface area contributed by atoms with E-state index >= 15 is 0 Å². The van der Waals surface area contributed by atoms with E-state index in [1.165, 1.54) is 0 Å². The molecule has 0 aliphatic carbocycles. The summed E-state index contributed by atoms with van der Waals surface area (Å²) < 4.78 is 39.7. The Morgan fingerprint density at radius 2 is 1.63 bits per heavy atom. The van der Waals surface area contributed by atoms with Gasteiger partial charge >= 0.3 is 6.18 Å². The van der Waals surface area contributed by atoms with E-state index in [9.17, 15) is 13.2 Å². The molecule has 1 aromatic rings. The van der Waals surface area contributed by atoms with Crippen molar-refractivity contribution < 1.29 is 13.2 Å². The molecule has 0 aromatic heterocycles. The van der Waals surface area contributed by atoms with Crippen molar-refractivity contribution in [3.8, 4) is 0 Å². The summed E-state index contributed by atoms with van der Waals surface area (Å²) in [6, 6.07) is 5.82. The van der Waals surface area contributed by atoms with E-state index in [0.717, 1.165) is 14.5 Å². The summed E-state index contributed by atoms with van der Waals surface area (Å²) >= 11 is 6.96. The van der Waals surface area contributed by atoms with Crippen molar-refractivity contribution in [2.24, 2.45) is 5.92 Å². The number of halogens is 5. The average Bonchev–Trinajstić information content (AvgIpc) is 2.33. The summed E-state index contributed by atoms with van der Waals surface area (Å²) in [7, 11) is 0. The third-order valence-electron chi connectivity index (χ3n) is 3.49. The van der Waals surface area contributed by atoms with Gasteiger partial charge in [0.2, 0.25) is 0 Å². The Labute approximate surface area is 127 Å². The smallest absolute Gasteiger partial charge is 0.299 e. The molecule has 0 N–H and O–H groups in total. The predicted molar refractivity (Wildman–Crippen MR) is 75.9 cm³/mol. The minimum absolute atomic E-state index is 0.200. The number of hydrogen-bond donors (Lipinski definition) is 0. The van der Waals surface area contributed by atoms with Crippen LogP contribution in [0.25, 0.3) is 0 Å². The average molecular weight is 401 g/mol. The molecule has 19 heavy (non-hydrogen) atoms. The third-order valence-corrected chi connectivity index (χ3v) is 4.98. The molecule has 1 heterocycles. The summed E-state index contributed by atoms with van der Waals surface area (Å²) in [6.07, 6.45) is -3.64. The summed E-state index contributed by atoms with van der Waals surface area (Å²) in [4.78, 5) is 2.08. The van der Waals surface area contributed by atoms with Crippen molar-refractivity contribution in [3.63, 3.8) is 0 Å². The highest BCUT2D eigenvalue weighted by atomic mass is 79.9. The zero-order chi connectivity index (χ0) is 14.0. The molecule has 6 heteroatoms. The quantitative estimate of drug-likeness (QED) is 0.676. The summed E-state index contributed by atoms with van der Waals surface area (Å²) in [5, 5.41) is 0. The highest BCUT2D eigenvalue weighted by molar-refractivity contribution is 9.11. The molecule has 1 fully saturated rings. The van der Waals surface area contributed by atoms with Crippen molar-refractivity contribution in [2.75, 3.05) is 13.1 Å². The van der Waals surface area contributed by atoms with E-state index in [1.54, 1.807) is 0 Å². The number of nitrogens with zero attached hydrogens (tertiary/aromatic N) is 1. The van der Waals surface area contributed by atoms with Crippen LogP contribution >= 0.6 is 31.9 Å². The van der Waals surface area contributed by atoms with Crippen molar-refractivity contribution in [1.29, 1.82) is 0 Å². The monoisotopic (exact) mass is 399 g/mol. The van der Waals surface area contributed by atoms with Gasteiger partial charge in [0.1, 0.15) is 0 Å². The molecule has 0 spiro atoms. The van der Waals surface area contributed by atoms with E-state index < -0.39 is 12.1 Å². The van der Waals surface area contributed by atoms with Crippen LogP contribution in [0.4, 0.5) is 13.2 Å². The third kappa shape index (κ3) is 3.95. The first kappa shape index (κ1) is 15.3. The molecule has 1 aliphatic heterocycles. The summed E-state index contributed by atoms with van der Waals surface area (Å²) in [5.74, 6) is -1.13. The Hall–Kier alpha value is -0.0700. The van der Waals surface area contributed by atoms with E-state index in [4.69, 9.17) is 0 Å². The van der Waals surface area contributed by atoms with Crippen LogP contribution in [0.1, 0.15) is 18.4 Å². The first-order valence-corrected chi connectivity index (χ1v) is 7.68. The number of piperidine rings is 1. The molecule has 0 unspecified atom stereocenters. The topological polar surface area (TPSA) is 3.24 Å². The van der Waals surface area contributed by atoms with Crippen LogP contribution in [-0.4, -0.2) is 24.2 Å². The van der Waals surface area contributed by atoms with E-state index in [0.29, 0.717) is 19.6 Å². The maximum absolute atomic E-state index is 12.6. The van der Waals surface area contributed by atoms with Gasteiger partial charge in [-0.1, -0.05) is 37.9 Å². The van der Waals surface area contributed by atoms with Gasteiger partial charge in [0, 0.05) is 15.5 Å². The molecule has 1 nitrogen and oxygen atoms in total. The molecule has 0 bridgehead atoms. The molecule has 1 saturated heterocycles. The molecule has 1 aromatic carbocycles. The van der Waals surface area contributed by atoms with Gasteiger partial charge in [-0.3, -0.25) is 4.90 Å². The minimum atomic E-state index is -4.04. The maximum Gasteiger partial charge on any atom is 0.391 e. The predicted octanol–water partition coefficient (Wildman–Crippen LogP) is 4.99. The number of benzene rings is 1. The van der Waals surface area contributed by atoms with Crippen LogP contribution in [0.15, 0.2) is 27.1 Å². The Morgan fingerprint density at radius 1 is 1.11 bits per heavy atom. The summed E-state index contributed by atoms with van der Waals surface area (Å²) in [6.45, 7) is 1.67. The lowest BCUT2D eigenvalue weighted by atomic mass is 9.96. The lowest BCUT2D eigenvalue weighted by Crippen LogP contribution is -2.38. The van der Waals surface area contributed by atoms with E-state index in [2.05, 4.69) is 36.8 Å². The maximum atomic E-state index is 12.6. The van der Waals surface area contributed by atoms with Gasteiger partial charge in [0.15, 0.2) is 0 Å². The van der Waals surface area contributed by atoms with Gasteiger partial charge in [-0.25, -0.2) is 0 Å². The minimum Gasteiger partial charge on any atom is -0.299 e. The second-order valence-electron chi connectivity index (χ2n) is 4.79. The van der Waals surface area contributed by atoms with Crippen molar-refractivity contribution in [3.05, 3.63) is 32.7 Å². The van der Waals surface area contributed by atoms with E-state index in [1.807, 2.05) is 18.2 Å². The summed E-state index contributed by atoms with van der Waals surface area (Å²) in [5.41, 5.74) is 1.09. The van der Waals surface area contributed by atoms with Crippen LogP contribution in [0, 0.1) is 5.92 Å². The second kappa shape index (κ2) is 6.14. The first-order chi connectivity index (χ1) is 8.88. The fraction of sp³-hybridized carbons (Fsp3) is 0.538. The second-order valence-corrected chi connectivity index (χ2v) is 6.50. The highest BCUT2D eigenvalue weighted by Gasteiger charge is 2.41. The Morgan fingerprint density at radius 3 is 2.11 bits per heavy atom. The van der Waals surface area contributed by atoms with Gasteiger partial charge < -0.3 is 0 Å². The first-order valence-electron chi connectivity index (χ1n) is 6.10. The Balaban J connectivity index is 1.96. The molecule has 1 aliphatic rings. The normalized spacial score (nSPS) is 18.8. The molecule has 106 valence electrons. The zero-order valence-corrected chi connectivity index (χ0v) is 13.4. The molecular formula is C13H14Br2F3N. The molecular weight excluding hydrogens is 387 g/mol. The fourth-order valence-corrected chi connectivity index (χ4v) is 3.57. The van der Waals surface area contributed by atoms with Crippen LogP contribution < -0.4 is 0 Å². The number of rotatable bonds is 2. The Bertz CT molecular complexity index is 420. The largest absolute Gasteiger partial charge is 0.391 e. The fourth-order valence-electron chi connectivity index (χ4n) is 2.33. The molecule has 0 amide bonds. The van der Waals surface area contributed by atoms with Crippen LogP contribution in [-0.2, 0) is 6.54 Å². The molecule has 0 atom stereocenters.